The minimum Gasteiger partial charge on any atom is -0.453 e. The maximum atomic E-state index is 11.2. The van der Waals surface area contributed by atoms with Crippen LogP contribution < -0.4 is 5.32 Å². The number of hydrogen-bond acceptors (Lipinski definition) is 7. The van der Waals surface area contributed by atoms with Gasteiger partial charge in [-0.3, -0.25) is 4.18 Å². The van der Waals surface area contributed by atoms with Gasteiger partial charge in [0.15, 0.2) is 6.29 Å². The molecular weight excluding hydrogens is 266 g/mol. The fraction of sp³-hybridized carbons (Fsp3) is 0.889. The number of carbonyl (C=O) groups is 1. The zero-order chi connectivity index (χ0) is 13.8. The number of ether oxygens (including phenoxy) is 3. The standard InChI is InChI=1S/C9H17NO7S/c1-14-8-4-6(10-9(11)15-2)7(5-16-8)17-18(3,12)13/h6-8H,4-5H2,1-3H3,(H,10,11)/t6-,7-,8+/m1/s1. The van der Waals surface area contributed by atoms with Crippen molar-refractivity contribution in [3.8, 4) is 0 Å². The Balaban J connectivity index is 2.70. The van der Waals surface area contributed by atoms with Gasteiger partial charge in [-0.15, -0.1) is 0 Å². The zero-order valence-electron chi connectivity index (χ0n) is 10.4. The van der Waals surface area contributed by atoms with E-state index in [0.717, 1.165) is 6.26 Å². The first-order chi connectivity index (χ1) is 8.35. The molecule has 1 saturated heterocycles. The minimum atomic E-state index is -3.64. The third kappa shape index (κ3) is 4.77. The Kier molecular flexibility index (Phi) is 5.32. The Labute approximate surface area is 106 Å². The van der Waals surface area contributed by atoms with Crippen LogP contribution in [0.1, 0.15) is 6.42 Å². The average Bonchev–Trinajstić information content (AvgIpc) is 2.29. The van der Waals surface area contributed by atoms with Crippen molar-refractivity contribution in [2.24, 2.45) is 0 Å². The summed E-state index contributed by atoms with van der Waals surface area (Å²) >= 11 is 0. The average molecular weight is 283 g/mol. The summed E-state index contributed by atoms with van der Waals surface area (Å²) in [5, 5.41) is 2.49. The van der Waals surface area contributed by atoms with Crippen molar-refractivity contribution < 1.29 is 31.6 Å². The van der Waals surface area contributed by atoms with Gasteiger partial charge in [0, 0.05) is 13.5 Å². The summed E-state index contributed by atoms with van der Waals surface area (Å²) in [6, 6.07) is -0.564. The van der Waals surface area contributed by atoms with Crippen molar-refractivity contribution in [1.82, 2.24) is 5.32 Å². The Morgan fingerprint density at radius 1 is 1.39 bits per heavy atom. The molecular formula is C9H17NO7S. The molecule has 0 unspecified atom stereocenters. The van der Waals surface area contributed by atoms with Crippen LogP contribution >= 0.6 is 0 Å². The Hall–Kier alpha value is -0.900. The van der Waals surface area contributed by atoms with E-state index in [4.69, 9.17) is 13.7 Å². The highest BCUT2D eigenvalue weighted by atomic mass is 32.2. The van der Waals surface area contributed by atoms with Crippen molar-refractivity contribution >= 4 is 16.2 Å². The lowest BCUT2D eigenvalue weighted by molar-refractivity contribution is -0.176. The topological polar surface area (TPSA) is 100 Å². The first kappa shape index (κ1) is 15.2. The van der Waals surface area contributed by atoms with Gasteiger partial charge >= 0.3 is 6.09 Å². The molecule has 1 heterocycles. The molecule has 0 spiro atoms. The predicted octanol–water partition coefficient (Wildman–Crippen LogP) is -0.551. The maximum Gasteiger partial charge on any atom is 0.407 e. The third-order valence-electron chi connectivity index (χ3n) is 2.39. The van der Waals surface area contributed by atoms with E-state index in [1.54, 1.807) is 0 Å². The largest absolute Gasteiger partial charge is 0.453 e. The fourth-order valence-corrected chi connectivity index (χ4v) is 2.23. The summed E-state index contributed by atoms with van der Waals surface area (Å²) in [6.45, 7) is 0.000236. The van der Waals surface area contributed by atoms with Crippen LogP contribution in [-0.4, -0.2) is 60.0 Å². The number of amides is 1. The summed E-state index contributed by atoms with van der Waals surface area (Å²) in [5.41, 5.74) is 0. The van der Waals surface area contributed by atoms with E-state index in [0.29, 0.717) is 0 Å². The van der Waals surface area contributed by atoms with Gasteiger partial charge in [-0.1, -0.05) is 0 Å². The number of carbonyl (C=O) groups excluding carboxylic acids is 1. The van der Waals surface area contributed by atoms with Gasteiger partial charge in [-0.05, 0) is 0 Å². The van der Waals surface area contributed by atoms with Crippen LogP contribution in [0, 0.1) is 0 Å². The number of nitrogens with one attached hydrogen (secondary N) is 1. The van der Waals surface area contributed by atoms with Gasteiger partial charge in [0.2, 0.25) is 0 Å². The van der Waals surface area contributed by atoms with E-state index < -0.39 is 34.6 Å². The van der Waals surface area contributed by atoms with Crippen molar-refractivity contribution in [1.29, 1.82) is 0 Å². The fourth-order valence-electron chi connectivity index (χ4n) is 1.59. The molecule has 0 bridgehead atoms. The van der Waals surface area contributed by atoms with Gasteiger partial charge in [0.25, 0.3) is 10.1 Å². The molecule has 0 radical (unpaired) electrons. The highest BCUT2D eigenvalue weighted by Gasteiger charge is 2.35. The van der Waals surface area contributed by atoms with Crippen molar-refractivity contribution in [2.75, 3.05) is 27.1 Å². The molecule has 0 aromatic carbocycles. The molecule has 8 nitrogen and oxygen atoms in total. The lowest BCUT2D eigenvalue weighted by Gasteiger charge is -2.34. The quantitative estimate of drug-likeness (QED) is 0.691. The van der Waals surface area contributed by atoms with E-state index in [1.807, 2.05) is 0 Å². The van der Waals surface area contributed by atoms with E-state index in [2.05, 4.69) is 10.1 Å². The molecule has 3 atom stereocenters. The summed E-state index contributed by atoms with van der Waals surface area (Å²) < 4.78 is 41.7. The molecule has 1 N–H and O–H groups in total. The van der Waals surface area contributed by atoms with Crippen molar-refractivity contribution in [3.63, 3.8) is 0 Å². The third-order valence-corrected chi connectivity index (χ3v) is 2.99. The first-order valence-electron chi connectivity index (χ1n) is 5.23. The Bertz CT molecular complexity index is 382. The van der Waals surface area contributed by atoms with Gasteiger partial charge in [-0.2, -0.15) is 8.42 Å². The van der Waals surface area contributed by atoms with Crippen LogP contribution in [-0.2, 0) is 28.5 Å². The van der Waals surface area contributed by atoms with Crippen molar-refractivity contribution in [3.05, 3.63) is 0 Å². The summed E-state index contributed by atoms with van der Waals surface area (Å²) in [4.78, 5) is 11.2. The molecule has 1 fully saturated rings. The number of methoxy groups -OCH3 is 2. The van der Waals surface area contributed by atoms with Gasteiger partial charge in [-0.25, -0.2) is 4.79 Å². The number of hydrogen-bond donors (Lipinski definition) is 1. The highest BCUT2D eigenvalue weighted by molar-refractivity contribution is 7.86. The monoisotopic (exact) mass is 283 g/mol. The van der Waals surface area contributed by atoms with Gasteiger partial charge < -0.3 is 19.5 Å². The zero-order valence-corrected chi connectivity index (χ0v) is 11.2. The van der Waals surface area contributed by atoms with Crippen LogP contribution in [0.15, 0.2) is 0 Å². The summed E-state index contributed by atoms with van der Waals surface area (Å²) in [6.07, 6.45) is -0.785. The second-order valence-corrected chi connectivity index (χ2v) is 5.42. The molecule has 1 aliphatic heterocycles. The first-order valence-corrected chi connectivity index (χ1v) is 7.04. The molecule has 0 aromatic heterocycles. The van der Waals surface area contributed by atoms with Gasteiger partial charge in [0.05, 0.1) is 26.0 Å². The molecule has 106 valence electrons. The Morgan fingerprint density at radius 3 is 2.56 bits per heavy atom. The van der Waals surface area contributed by atoms with Crippen LogP contribution in [0.2, 0.25) is 0 Å². The molecule has 9 heteroatoms. The van der Waals surface area contributed by atoms with Crippen LogP contribution in [0.25, 0.3) is 0 Å². The molecule has 18 heavy (non-hydrogen) atoms. The van der Waals surface area contributed by atoms with E-state index >= 15 is 0 Å². The molecule has 1 rings (SSSR count). The molecule has 0 aromatic rings. The van der Waals surface area contributed by atoms with Crippen LogP contribution in [0.4, 0.5) is 4.79 Å². The molecule has 1 aliphatic rings. The molecule has 0 saturated carbocycles. The summed E-state index contributed by atoms with van der Waals surface area (Å²) in [7, 11) is -0.963. The van der Waals surface area contributed by atoms with Crippen molar-refractivity contribution in [2.45, 2.75) is 24.9 Å². The second-order valence-electron chi connectivity index (χ2n) is 3.82. The minimum absolute atomic E-state index is 0.000236. The lowest BCUT2D eigenvalue weighted by Crippen LogP contribution is -2.53. The normalized spacial score (nSPS) is 28.7. The van der Waals surface area contributed by atoms with E-state index in [1.165, 1.54) is 14.2 Å². The lowest BCUT2D eigenvalue weighted by atomic mass is 10.1. The molecule has 1 amide bonds. The van der Waals surface area contributed by atoms with E-state index in [9.17, 15) is 13.2 Å². The van der Waals surface area contributed by atoms with Crippen LogP contribution in [0.3, 0.4) is 0 Å². The maximum absolute atomic E-state index is 11.2. The Morgan fingerprint density at radius 2 is 2.06 bits per heavy atom. The highest BCUT2D eigenvalue weighted by Crippen LogP contribution is 2.19. The number of rotatable bonds is 4. The predicted molar refractivity (Wildman–Crippen MR) is 60.4 cm³/mol. The number of alkyl carbamates (subject to hydrolysis) is 1. The van der Waals surface area contributed by atoms with Crippen LogP contribution in [0.5, 0.6) is 0 Å². The smallest absolute Gasteiger partial charge is 0.407 e. The summed E-state index contributed by atoms with van der Waals surface area (Å²) in [5.74, 6) is 0. The van der Waals surface area contributed by atoms with Gasteiger partial charge in [0.1, 0.15) is 6.10 Å². The van der Waals surface area contributed by atoms with E-state index in [-0.39, 0.29) is 13.0 Å². The SMILES string of the molecule is COC(=O)N[C@@H]1C[C@@H](OC)OC[C@H]1OS(C)(=O)=O. The second kappa shape index (κ2) is 6.32. The molecule has 0 aliphatic carbocycles.